The molecule has 0 aromatic heterocycles. The Hall–Kier alpha value is -1.94. The molecule has 6 atom stereocenters. The molecule has 0 aliphatic rings. The van der Waals surface area contributed by atoms with Crippen LogP contribution in [0, 0.1) is 5.92 Å². The quantitative estimate of drug-likeness (QED) is 0.0222. The number of unbranched alkanes of at least 4 members (excludes halogenated alkanes) is 46. The Balaban J connectivity index is 5.16. The molecule has 0 saturated carbocycles. The molecule has 19 heteroatoms. The van der Waals surface area contributed by atoms with Gasteiger partial charge in [-0.2, -0.15) is 0 Å². The highest BCUT2D eigenvalue weighted by atomic mass is 31.2. The number of hydrogen-bond donors (Lipinski definition) is 3. The van der Waals surface area contributed by atoms with Crippen molar-refractivity contribution in [3.05, 3.63) is 0 Å². The smallest absolute Gasteiger partial charge is 0.462 e. The first kappa shape index (κ1) is 92.1. The van der Waals surface area contributed by atoms with E-state index >= 15 is 0 Å². The maximum Gasteiger partial charge on any atom is 0.472 e. The largest absolute Gasteiger partial charge is 0.472 e. The van der Waals surface area contributed by atoms with E-state index in [0.29, 0.717) is 25.7 Å². The maximum absolute atomic E-state index is 13.1. The number of carbonyl (C=O) groups is 4. The Bertz CT molecular complexity index is 1810. The van der Waals surface area contributed by atoms with Crippen LogP contribution in [0.1, 0.15) is 394 Å². The van der Waals surface area contributed by atoms with E-state index in [2.05, 4.69) is 34.6 Å². The first-order chi connectivity index (χ1) is 45.6. The van der Waals surface area contributed by atoms with E-state index in [1.165, 1.54) is 218 Å². The number of hydrogen-bond acceptors (Lipinski definition) is 15. The zero-order chi connectivity index (χ0) is 69.1. The molecule has 0 spiro atoms. The van der Waals surface area contributed by atoms with E-state index in [-0.39, 0.29) is 25.7 Å². The lowest BCUT2D eigenvalue weighted by molar-refractivity contribution is -0.161. The van der Waals surface area contributed by atoms with Crippen LogP contribution in [-0.2, 0) is 65.4 Å². The van der Waals surface area contributed by atoms with Crippen molar-refractivity contribution in [1.29, 1.82) is 0 Å². The number of rotatable bonds is 75. The summed E-state index contributed by atoms with van der Waals surface area (Å²) >= 11 is 0. The summed E-state index contributed by atoms with van der Waals surface area (Å²) in [6.07, 6.45) is 57.1. The van der Waals surface area contributed by atoms with Crippen LogP contribution in [0.2, 0.25) is 0 Å². The van der Waals surface area contributed by atoms with E-state index in [4.69, 9.17) is 37.0 Å². The number of aliphatic hydroxyl groups is 1. The zero-order valence-corrected chi connectivity index (χ0v) is 62.9. The number of ether oxygens (including phenoxy) is 4. The Kier molecular flexibility index (Phi) is 66.8. The van der Waals surface area contributed by atoms with Crippen molar-refractivity contribution in [1.82, 2.24) is 0 Å². The highest BCUT2D eigenvalue weighted by Gasteiger charge is 2.30. The number of aliphatic hydroxyl groups excluding tert-OH is 1. The summed E-state index contributed by atoms with van der Waals surface area (Å²) in [4.78, 5) is 72.6. The lowest BCUT2D eigenvalue weighted by Gasteiger charge is -2.21. The molecule has 0 saturated heterocycles. The van der Waals surface area contributed by atoms with E-state index in [1.807, 2.05) is 0 Å². The van der Waals surface area contributed by atoms with Gasteiger partial charge in [0.2, 0.25) is 0 Å². The van der Waals surface area contributed by atoms with Gasteiger partial charge < -0.3 is 33.8 Å². The number of carbonyl (C=O) groups excluding carboxylic acids is 4. The first-order valence-electron chi connectivity index (χ1n) is 39.2. The van der Waals surface area contributed by atoms with Gasteiger partial charge in [0, 0.05) is 25.7 Å². The fourth-order valence-corrected chi connectivity index (χ4v) is 13.1. The SMILES string of the molecule is CCCCCCCCCCCCCCCCCCCCCCCCC(=O)O[C@H](COC(=O)CCCCCCCCCCCCCCC)COP(=O)(O)OC[C@@H](O)COP(=O)(O)OC[C@@H](COC(=O)CCCCCCCCCCC)OC(=O)CCCCCCCCC(C)CC. The molecule has 17 nitrogen and oxygen atoms in total. The molecule has 94 heavy (non-hydrogen) atoms. The van der Waals surface area contributed by atoms with Crippen LogP contribution in [0.25, 0.3) is 0 Å². The number of phosphoric ester groups is 2. The third-order valence-corrected chi connectivity index (χ3v) is 19.8. The van der Waals surface area contributed by atoms with E-state index in [0.717, 1.165) is 95.8 Å². The normalized spacial score (nSPS) is 14.3. The van der Waals surface area contributed by atoms with Gasteiger partial charge in [0.05, 0.1) is 26.4 Å². The van der Waals surface area contributed by atoms with E-state index < -0.39 is 97.5 Å². The van der Waals surface area contributed by atoms with Crippen molar-refractivity contribution in [2.75, 3.05) is 39.6 Å². The molecule has 0 rings (SSSR count). The summed E-state index contributed by atoms with van der Waals surface area (Å²) in [7, 11) is -9.90. The Morgan fingerprint density at radius 2 is 0.511 bits per heavy atom. The van der Waals surface area contributed by atoms with Gasteiger partial charge in [0.1, 0.15) is 19.3 Å². The predicted octanol–water partition coefficient (Wildman–Crippen LogP) is 22.1. The van der Waals surface area contributed by atoms with Crippen LogP contribution in [0.3, 0.4) is 0 Å². The zero-order valence-electron chi connectivity index (χ0n) is 61.1. The Labute approximate surface area is 575 Å². The summed E-state index contributed by atoms with van der Waals surface area (Å²) in [5.41, 5.74) is 0. The van der Waals surface area contributed by atoms with Gasteiger partial charge in [-0.15, -0.1) is 0 Å². The maximum atomic E-state index is 13.1. The molecule has 3 N–H and O–H groups in total. The molecular weight excluding hydrogens is 1230 g/mol. The molecule has 3 unspecified atom stereocenters. The first-order valence-corrected chi connectivity index (χ1v) is 42.2. The lowest BCUT2D eigenvalue weighted by Crippen LogP contribution is -2.30. The minimum Gasteiger partial charge on any atom is -0.462 e. The summed E-state index contributed by atoms with van der Waals surface area (Å²) in [5.74, 6) is -1.40. The third-order valence-electron chi connectivity index (χ3n) is 17.9. The Morgan fingerprint density at radius 3 is 0.755 bits per heavy atom. The van der Waals surface area contributed by atoms with Gasteiger partial charge in [0.15, 0.2) is 12.2 Å². The second-order valence-electron chi connectivity index (χ2n) is 27.3. The topological polar surface area (TPSA) is 237 Å². The average Bonchev–Trinajstić information content (AvgIpc) is 1.28. The Morgan fingerprint density at radius 1 is 0.298 bits per heavy atom. The third kappa shape index (κ3) is 67.3. The molecule has 0 radical (unpaired) electrons. The molecular formula is C75H146O17P2. The van der Waals surface area contributed by atoms with Gasteiger partial charge in [-0.1, -0.05) is 343 Å². The number of esters is 4. The molecule has 0 aromatic rings. The van der Waals surface area contributed by atoms with Crippen LogP contribution < -0.4 is 0 Å². The van der Waals surface area contributed by atoms with Crippen molar-refractivity contribution < 1.29 is 80.2 Å². The van der Waals surface area contributed by atoms with Gasteiger partial charge in [-0.05, 0) is 31.6 Å². The van der Waals surface area contributed by atoms with Crippen LogP contribution >= 0.6 is 15.6 Å². The van der Waals surface area contributed by atoms with E-state index in [1.54, 1.807) is 0 Å². The van der Waals surface area contributed by atoms with Crippen molar-refractivity contribution >= 4 is 39.5 Å². The van der Waals surface area contributed by atoms with Crippen LogP contribution in [0.5, 0.6) is 0 Å². The molecule has 0 amide bonds. The lowest BCUT2D eigenvalue weighted by atomic mass is 10.00. The van der Waals surface area contributed by atoms with Crippen LogP contribution in [0.15, 0.2) is 0 Å². The summed E-state index contributed by atoms with van der Waals surface area (Å²) < 4.78 is 68.4. The minimum atomic E-state index is -4.95. The molecule has 0 fully saturated rings. The fraction of sp³-hybridized carbons (Fsp3) is 0.947. The van der Waals surface area contributed by atoms with Crippen molar-refractivity contribution in [2.45, 2.75) is 412 Å². The van der Waals surface area contributed by atoms with Crippen molar-refractivity contribution in [3.63, 3.8) is 0 Å². The fourth-order valence-electron chi connectivity index (χ4n) is 11.5. The van der Waals surface area contributed by atoms with E-state index in [9.17, 15) is 43.2 Å². The van der Waals surface area contributed by atoms with Crippen molar-refractivity contribution in [3.8, 4) is 0 Å². The standard InChI is InChI=1S/C75H146O17P2/c1-6-10-13-16-19-22-24-26-27-28-29-30-31-32-33-34-36-38-41-44-50-55-60-74(79)91-70(64-86-73(78)59-54-49-43-40-37-35-25-23-20-17-14-11-7-2)66-89-93(81,82)87-62-69(76)63-88-94(83,84)90-67-71(65-85-72(77)58-53-48-42-39-21-18-15-12-8-3)92-75(80)61-56-51-46-45-47-52-57-68(5)9-4/h68-71,76H,6-67H2,1-5H3,(H,81,82)(H,83,84)/t68?,69-,70-,71-/m1/s1. The second-order valence-corrected chi connectivity index (χ2v) is 30.2. The predicted molar refractivity (Wildman–Crippen MR) is 382 cm³/mol. The highest BCUT2D eigenvalue weighted by Crippen LogP contribution is 2.45. The molecule has 0 aliphatic heterocycles. The van der Waals surface area contributed by atoms with Gasteiger partial charge in [-0.3, -0.25) is 37.3 Å². The van der Waals surface area contributed by atoms with Gasteiger partial charge >= 0.3 is 39.5 Å². The average molecular weight is 1380 g/mol. The number of phosphoric acid groups is 2. The van der Waals surface area contributed by atoms with Gasteiger partial charge in [-0.25, -0.2) is 9.13 Å². The summed E-state index contributed by atoms with van der Waals surface area (Å²) in [6, 6.07) is 0. The molecule has 558 valence electrons. The van der Waals surface area contributed by atoms with Crippen LogP contribution in [-0.4, -0.2) is 96.7 Å². The van der Waals surface area contributed by atoms with Gasteiger partial charge in [0.25, 0.3) is 0 Å². The minimum absolute atomic E-state index is 0.103. The molecule has 0 bridgehead atoms. The molecule has 0 heterocycles. The summed E-state index contributed by atoms with van der Waals surface area (Å²) in [6.45, 7) is 7.21. The monoisotopic (exact) mass is 1380 g/mol. The van der Waals surface area contributed by atoms with Crippen LogP contribution in [0.4, 0.5) is 0 Å². The second kappa shape index (κ2) is 68.2. The molecule has 0 aliphatic carbocycles. The molecule has 0 aromatic carbocycles. The van der Waals surface area contributed by atoms with Crippen molar-refractivity contribution in [2.24, 2.45) is 5.92 Å². The summed E-state index contributed by atoms with van der Waals surface area (Å²) in [5, 5.41) is 10.6. The highest BCUT2D eigenvalue weighted by molar-refractivity contribution is 7.47.